The molecule has 4 amide bonds. The van der Waals surface area contributed by atoms with Crippen LogP contribution in [0.4, 0.5) is 0 Å². The molecule has 9 aliphatic heterocycles. The van der Waals surface area contributed by atoms with Crippen molar-refractivity contribution < 1.29 is 217 Å². The molecule has 9 heterocycles. The van der Waals surface area contributed by atoms with Crippen LogP contribution in [-0.4, -0.2) is 463 Å². The number of amides is 4. The van der Waals surface area contributed by atoms with Crippen molar-refractivity contribution in [1.29, 1.82) is 0 Å². The molecule has 636 valence electrons. The van der Waals surface area contributed by atoms with Gasteiger partial charge in [-0.1, -0.05) is 0 Å². The smallest absolute Gasteiger partial charge is 0.217 e. The van der Waals surface area contributed by atoms with Crippen LogP contribution in [0.5, 0.6) is 0 Å². The Balaban J connectivity index is 0.989. The van der Waals surface area contributed by atoms with Gasteiger partial charge < -0.3 is 219 Å². The lowest BCUT2D eigenvalue weighted by Gasteiger charge is -2.51. The number of nitrogens with one attached hydrogen (secondary N) is 4. The summed E-state index contributed by atoms with van der Waals surface area (Å²) in [6.07, 6.45) is -80.2. The average Bonchev–Trinajstić information content (AvgIpc) is 0.768. The van der Waals surface area contributed by atoms with Gasteiger partial charge in [0, 0.05) is 27.7 Å². The summed E-state index contributed by atoms with van der Waals surface area (Å²) in [7, 11) is 0. The van der Waals surface area contributed by atoms with Crippen molar-refractivity contribution in [2.75, 3.05) is 46.2 Å². The minimum absolute atomic E-state index is 0.809. The molecule has 9 aliphatic rings. The topological polar surface area (TPSA) is 739 Å². The zero-order chi connectivity index (χ0) is 81.1. The van der Waals surface area contributed by atoms with E-state index in [4.69, 9.17) is 80.5 Å². The van der Waals surface area contributed by atoms with Crippen molar-refractivity contribution in [3.63, 3.8) is 0 Å². The highest BCUT2D eigenvalue weighted by Crippen LogP contribution is 2.39. The third-order valence-corrected chi connectivity index (χ3v) is 20.3. The summed E-state index contributed by atoms with van der Waals surface area (Å²) >= 11 is 0. The molecule has 0 aromatic heterocycles. The van der Waals surface area contributed by atoms with Crippen molar-refractivity contribution in [2.45, 2.75) is 318 Å². The number of rotatable bonds is 27. The summed E-state index contributed by atoms with van der Waals surface area (Å²) < 4.78 is 100. The van der Waals surface area contributed by atoms with Gasteiger partial charge >= 0.3 is 0 Å². The minimum atomic E-state index is -2.48. The largest absolute Gasteiger partial charge is 0.394 e. The second-order valence-corrected chi connectivity index (χ2v) is 28.2. The van der Waals surface area contributed by atoms with Gasteiger partial charge in [-0.05, 0) is 13.8 Å². The zero-order valence-electron chi connectivity index (χ0n) is 59.8. The highest BCUT2D eigenvalue weighted by atomic mass is 16.8. The van der Waals surface area contributed by atoms with E-state index in [0.717, 1.165) is 27.7 Å². The first-order chi connectivity index (χ1) is 51.9. The van der Waals surface area contributed by atoms with Crippen LogP contribution in [0.25, 0.3) is 0 Å². The fraction of sp³-hybridized carbons (Fsp3) is 0.935. The van der Waals surface area contributed by atoms with Gasteiger partial charge in [-0.3, -0.25) is 19.2 Å². The molecular weight excluding hydrogens is 1500 g/mol. The lowest BCUT2D eigenvalue weighted by atomic mass is 9.93. The number of hydrogen-bond donors (Lipinski definition) is 27. The summed E-state index contributed by atoms with van der Waals surface area (Å²) in [5.41, 5.74) is 0. The van der Waals surface area contributed by atoms with Gasteiger partial charge in [0.05, 0.1) is 58.5 Å². The molecule has 9 rings (SSSR count). The van der Waals surface area contributed by atoms with E-state index >= 15 is 0 Å². The van der Waals surface area contributed by atoms with E-state index < -0.39 is 346 Å². The molecule has 45 atom stereocenters. The highest BCUT2D eigenvalue weighted by molar-refractivity contribution is 5.74. The van der Waals surface area contributed by atoms with E-state index in [1.54, 1.807) is 0 Å². The van der Waals surface area contributed by atoms with Crippen LogP contribution in [-0.2, 0) is 99.7 Å². The van der Waals surface area contributed by atoms with Crippen molar-refractivity contribution in [3.8, 4) is 0 Å². The standard InChI is InChI=1S/C62H104N4O44/c1-14-31(76)41(86)45(90)58(96-14)109-52-43(88)34(79)21(8-68)100-61(52)105-48-23(10-70)102-56(28(39(48)84)64-17(4)73)94-12-25-36(81)50(30(54(93)98-25)66-19(6)75)107-60-47(92)51(37(82)26(104-60)13-95-55-27(63-16(3)72)38(83)33(78)20(7-67)99-55)108-57-29(65-18(5)74)40(85)49(24(11-71)103-57)106-62-53(44(89)35(80)22(9-69)101-62)110-59-46(91)42(87)32(77)15(2)97-59/h14-15,20-62,67-71,76-93H,7-13H2,1-6H3,(H,63,72)(H,64,73)(H,65,74)(H,66,75)/t14-,15-,20+,21+,22+,23+,24+,25+,26+,27+,28+,29+,30+,31+,32+,33+,34-,35-,36+,37-,38+,39+,40+,41+,42+,43-,44-,45-,46-,47+,48+,49+,50+,51-,52+,53+,54-,55+,56+,57-,58-,59-,60-,61-,62-/m0/s1. The first-order valence-electron chi connectivity index (χ1n) is 35.3. The average molecular weight is 1610 g/mol. The molecular formula is C62H104N4O44. The quantitative estimate of drug-likeness (QED) is 0.0363. The minimum Gasteiger partial charge on any atom is -0.394 e. The predicted octanol–water partition coefficient (Wildman–Crippen LogP) is -18.0. The Bertz CT molecular complexity index is 2940. The van der Waals surface area contributed by atoms with Gasteiger partial charge in [-0.2, -0.15) is 0 Å². The predicted molar refractivity (Wildman–Crippen MR) is 341 cm³/mol. The molecule has 0 spiro atoms. The molecule has 110 heavy (non-hydrogen) atoms. The van der Waals surface area contributed by atoms with E-state index in [-0.39, 0.29) is 0 Å². The molecule has 27 N–H and O–H groups in total. The summed E-state index contributed by atoms with van der Waals surface area (Å²) in [5.74, 6) is -3.59. The monoisotopic (exact) mass is 1610 g/mol. The molecule has 48 heteroatoms. The van der Waals surface area contributed by atoms with Gasteiger partial charge in [0.15, 0.2) is 56.6 Å². The molecule has 0 aromatic rings. The van der Waals surface area contributed by atoms with Gasteiger partial charge in [-0.25, -0.2) is 0 Å². The SMILES string of the molecule is CC(=O)N[C@@H]1[C@@H](O[C@@H]2O[C@H](CO[C@@H]3O[C@H](CO)[C@@H](O)[C@H](O)[C@H]3NC(C)=O)[C@H](O)[C@H](O[C@@H]3O[C@H](CO)[C@@H](O[C@@H]4O[C@H](CO)[C@H](O)[C@H](O)[C@H]4O[C@@H]4O[C@@H](C)[C@@H](O)[C@@H](O)[C@@H]4O)[C@H](O)[C@H]3NC(C)=O)[C@H]2O)[C@H](O)[C@@H](CO[C@@H]2O[C@H](CO)[C@@H](O[C@@H]3O[C@H](CO)[C@H](O)[C@H](O)[C@H]3O[C@@H]3O[C@@H](C)[C@@H](O)[C@@H](O)[C@@H]3O)[C@H](O)[C@H]2NC(C)=O)O[C@@H]1O. The van der Waals surface area contributed by atoms with E-state index in [2.05, 4.69) is 21.3 Å². The molecule has 0 aliphatic carbocycles. The Morgan fingerprint density at radius 3 is 0.964 bits per heavy atom. The van der Waals surface area contributed by atoms with Gasteiger partial charge in [-0.15, -0.1) is 0 Å². The Kier molecular flexibility index (Phi) is 32.0. The van der Waals surface area contributed by atoms with Crippen molar-refractivity contribution in [2.24, 2.45) is 0 Å². The Labute approximate surface area is 624 Å². The number of ether oxygens (including phenoxy) is 17. The fourth-order valence-electron chi connectivity index (χ4n) is 14.2. The van der Waals surface area contributed by atoms with Crippen LogP contribution in [0.3, 0.4) is 0 Å². The molecule has 9 fully saturated rings. The number of hydrogen-bond acceptors (Lipinski definition) is 44. The molecule has 0 aromatic carbocycles. The van der Waals surface area contributed by atoms with E-state index in [1.165, 1.54) is 13.8 Å². The van der Waals surface area contributed by atoms with Crippen LogP contribution in [0.15, 0.2) is 0 Å². The second kappa shape index (κ2) is 39.0. The summed E-state index contributed by atoms with van der Waals surface area (Å²) in [6.45, 7) is -0.740. The Morgan fingerprint density at radius 2 is 0.555 bits per heavy atom. The lowest BCUT2D eigenvalue weighted by Crippen LogP contribution is -2.71. The normalized spacial score (nSPS) is 49.6. The Morgan fingerprint density at radius 1 is 0.255 bits per heavy atom. The van der Waals surface area contributed by atoms with Crippen molar-refractivity contribution in [1.82, 2.24) is 21.3 Å². The molecule has 0 bridgehead atoms. The third-order valence-electron chi connectivity index (χ3n) is 20.3. The van der Waals surface area contributed by atoms with Gasteiger partial charge in [0.1, 0.15) is 207 Å². The number of aliphatic hydroxyl groups excluding tert-OH is 23. The first-order valence-corrected chi connectivity index (χ1v) is 35.3. The summed E-state index contributed by atoms with van der Waals surface area (Å²) in [6, 6.07) is -7.35. The number of carbonyl (C=O) groups excluding carboxylic acids is 4. The zero-order valence-corrected chi connectivity index (χ0v) is 59.8. The van der Waals surface area contributed by atoms with Gasteiger partial charge in [0.25, 0.3) is 0 Å². The maximum atomic E-state index is 13.1. The summed E-state index contributed by atoms with van der Waals surface area (Å²) in [4.78, 5) is 51.4. The summed E-state index contributed by atoms with van der Waals surface area (Å²) in [5, 5.41) is 265. The molecule has 9 saturated heterocycles. The molecule has 0 saturated carbocycles. The maximum absolute atomic E-state index is 13.1. The third kappa shape index (κ3) is 19.9. The van der Waals surface area contributed by atoms with Crippen LogP contribution in [0.2, 0.25) is 0 Å². The molecule has 0 radical (unpaired) electrons. The maximum Gasteiger partial charge on any atom is 0.217 e. The van der Waals surface area contributed by atoms with Crippen molar-refractivity contribution in [3.05, 3.63) is 0 Å². The highest BCUT2D eigenvalue weighted by Gasteiger charge is 2.60. The Hall–Kier alpha value is -3.72. The first kappa shape index (κ1) is 90.2. The molecule has 48 nitrogen and oxygen atoms in total. The van der Waals surface area contributed by atoms with Crippen LogP contribution in [0.1, 0.15) is 41.5 Å². The van der Waals surface area contributed by atoms with Gasteiger partial charge in [0.2, 0.25) is 23.6 Å². The lowest BCUT2D eigenvalue weighted by molar-refractivity contribution is -0.391. The number of aliphatic hydroxyl groups is 23. The van der Waals surface area contributed by atoms with Crippen molar-refractivity contribution >= 4 is 23.6 Å². The molecule has 0 unspecified atom stereocenters. The van der Waals surface area contributed by atoms with Crippen LogP contribution < -0.4 is 21.3 Å². The van der Waals surface area contributed by atoms with Crippen LogP contribution >= 0.6 is 0 Å². The van der Waals surface area contributed by atoms with E-state index in [0.29, 0.717) is 0 Å². The van der Waals surface area contributed by atoms with Crippen LogP contribution in [0, 0.1) is 0 Å². The van der Waals surface area contributed by atoms with E-state index in [9.17, 15) is 137 Å². The van der Waals surface area contributed by atoms with E-state index in [1.807, 2.05) is 0 Å². The fourth-order valence-corrected chi connectivity index (χ4v) is 14.2. The number of carbonyl (C=O) groups is 4. The second-order valence-electron chi connectivity index (χ2n) is 28.2.